The lowest BCUT2D eigenvalue weighted by molar-refractivity contribution is 0.155. The lowest BCUT2D eigenvalue weighted by Crippen LogP contribution is -2.53. The largest absolute Gasteiger partial charge is 0.496 e. The van der Waals surface area contributed by atoms with E-state index in [-0.39, 0.29) is 12.6 Å². The lowest BCUT2D eigenvalue weighted by atomic mass is 9.97. The van der Waals surface area contributed by atoms with Crippen LogP contribution in [0.5, 0.6) is 5.75 Å². The molecule has 1 fully saturated rings. The van der Waals surface area contributed by atoms with E-state index in [1.165, 1.54) is 0 Å². The zero-order valence-electron chi connectivity index (χ0n) is 14.1. The molecule has 1 aliphatic carbocycles. The van der Waals surface area contributed by atoms with Gasteiger partial charge in [0.05, 0.1) is 19.3 Å². The number of carbonyl (C=O) groups is 1. The molecule has 3 rings (SSSR count). The molecule has 5 heteroatoms. The van der Waals surface area contributed by atoms with Crippen LogP contribution in [0.4, 0.5) is 4.79 Å². The number of ether oxygens (including phenoxy) is 1. The molecule has 0 spiro atoms. The number of urea groups is 1. The average molecular weight is 328 g/mol. The number of carbonyl (C=O) groups excluding carboxylic acids is 1. The minimum Gasteiger partial charge on any atom is -0.496 e. The SMILES string of the molecule is COc1ccc2ccccc2c1CNC(=O)NC(C)(CO)C1CC1. The maximum atomic E-state index is 12.3. The third-order valence-electron chi connectivity index (χ3n) is 4.85. The van der Waals surface area contributed by atoms with E-state index in [0.717, 1.165) is 34.9 Å². The molecule has 128 valence electrons. The maximum absolute atomic E-state index is 12.3. The van der Waals surface area contributed by atoms with Gasteiger partial charge in [-0.2, -0.15) is 0 Å². The normalized spacial score (nSPS) is 16.5. The fraction of sp³-hybridized carbons (Fsp3) is 0.421. The topological polar surface area (TPSA) is 70.6 Å². The number of aliphatic hydroxyl groups excluding tert-OH is 1. The van der Waals surface area contributed by atoms with Gasteiger partial charge in [-0.25, -0.2) is 4.79 Å². The highest BCUT2D eigenvalue weighted by molar-refractivity contribution is 5.88. The molecule has 3 N–H and O–H groups in total. The number of hydrogen-bond acceptors (Lipinski definition) is 3. The number of aliphatic hydroxyl groups is 1. The third kappa shape index (κ3) is 3.31. The summed E-state index contributed by atoms with van der Waals surface area (Å²) in [4.78, 5) is 12.3. The summed E-state index contributed by atoms with van der Waals surface area (Å²) in [6.07, 6.45) is 2.10. The molecule has 5 nitrogen and oxygen atoms in total. The number of methoxy groups -OCH3 is 1. The van der Waals surface area contributed by atoms with Crippen molar-refractivity contribution in [3.63, 3.8) is 0 Å². The van der Waals surface area contributed by atoms with Crippen molar-refractivity contribution in [3.8, 4) is 5.75 Å². The van der Waals surface area contributed by atoms with E-state index in [2.05, 4.69) is 10.6 Å². The molecule has 0 bridgehead atoms. The smallest absolute Gasteiger partial charge is 0.315 e. The Balaban J connectivity index is 1.74. The van der Waals surface area contributed by atoms with Crippen molar-refractivity contribution in [2.24, 2.45) is 5.92 Å². The Morgan fingerprint density at radius 2 is 2.04 bits per heavy atom. The van der Waals surface area contributed by atoms with Crippen LogP contribution in [0.1, 0.15) is 25.3 Å². The van der Waals surface area contributed by atoms with Crippen LogP contribution in [0.2, 0.25) is 0 Å². The van der Waals surface area contributed by atoms with Crippen LogP contribution in [-0.2, 0) is 6.54 Å². The van der Waals surface area contributed by atoms with E-state index in [9.17, 15) is 9.90 Å². The van der Waals surface area contributed by atoms with Crippen LogP contribution in [0.15, 0.2) is 36.4 Å². The predicted molar refractivity (Wildman–Crippen MR) is 94.1 cm³/mol. The standard InChI is InChI=1S/C19H24N2O3/c1-19(12-22,14-8-9-14)21-18(23)20-11-16-15-6-4-3-5-13(15)7-10-17(16)24-2/h3-7,10,14,22H,8-9,11-12H2,1-2H3,(H2,20,21,23). The molecular weight excluding hydrogens is 304 g/mol. The van der Waals surface area contributed by atoms with Crippen molar-refractivity contribution >= 4 is 16.8 Å². The lowest BCUT2D eigenvalue weighted by Gasteiger charge is -2.28. The Hall–Kier alpha value is -2.27. The molecule has 2 amide bonds. The summed E-state index contributed by atoms with van der Waals surface area (Å²) in [6, 6.07) is 11.7. The summed E-state index contributed by atoms with van der Waals surface area (Å²) in [5, 5.41) is 17.6. The van der Waals surface area contributed by atoms with Crippen LogP contribution < -0.4 is 15.4 Å². The Morgan fingerprint density at radius 3 is 2.71 bits per heavy atom. The van der Waals surface area contributed by atoms with Crippen molar-refractivity contribution < 1.29 is 14.6 Å². The zero-order chi connectivity index (χ0) is 17.2. The first-order valence-electron chi connectivity index (χ1n) is 8.29. The van der Waals surface area contributed by atoms with E-state index in [0.29, 0.717) is 12.5 Å². The van der Waals surface area contributed by atoms with Gasteiger partial charge in [0.2, 0.25) is 0 Å². The first-order chi connectivity index (χ1) is 11.6. The summed E-state index contributed by atoms with van der Waals surface area (Å²) in [7, 11) is 1.63. The Kier molecular flexibility index (Phi) is 4.62. The van der Waals surface area contributed by atoms with Crippen LogP contribution in [0, 0.1) is 5.92 Å². The summed E-state index contributed by atoms with van der Waals surface area (Å²) in [5.41, 5.74) is 0.398. The van der Waals surface area contributed by atoms with Gasteiger partial charge in [0.25, 0.3) is 0 Å². The van der Waals surface area contributed by atoms with E-state index >= 15 is 0 Å². The van der Waals surface area contributed by atoms with Gasteiger partial charge in [-0.3, -0.25) is 0 Å². The van der Waals surface area contributed by atoms with Crippen molar-refractivity contribution in [2.45, 2.75) is 31.8 Å². The second-order valence-corrected chi connectivity index (χ2v) is 6.63. The first kappa shape index (κ1) is 16.6. The maximum Gasteiger partial charge on any atom is 0.315 e. The molecule has 24 heavy (non-hydrogen) atoms. The summed E-state index contributed by atoms with van der Waals surface area (Å²) in [6.45, 7) is 2.20. The minimum absolute atomic E-state index is 0.0529. The minimum atomic E-state index is -0.549. The van der Waals surface area contributed by atoms with Crippen LogP contribution in [-0.4, -0.2) is 30.4 Å². The summed E-state index contributed by atoms with van der Waals surface area (Å²) < 4.78 is 5.44. The average Bonchev–Trinajstić information content (AvgIpc) is 3.45. The number of fused-ring (bicyclic) bond motifs is 1. The third-order valence-corrected chi connectivity index (χ3v) is 4.85. The molecule has 1 unspecified atom stereocenters. The van der Waals surface area contributed by atoms with Gasteiger partial charge in [0.1, 0.15) is 5.75 Å². The zero-order valence-corrected chi connectivity index (χ0v) is 14.1. The molecule has 0 heterocycles. The van der Waals surface area contributed by atoms with Crippen LogP contribution in [0.3, 0.4) is 0 Å². The molecule has 2 aromatic rings. The molecule has 2 aromatic carbocycles. The summed E-state index contributed by atoms with van der Waals surface area (Å²) in [5.74, 6) is 1.11. The highest BCUT2D eigenvalue weighted by atomic mass is 16.5. The second-order valence-electron chi connectivity index (χ2n) is 6.63. The number of rotatable bonds is 6. The van der Waals surface area contributed by atoms with Crippen molar-refractivity contribution in [3.05, 3.63) is 42.0 Å². The fourth-order valence-electron chi connectivity index (χ4n) is 3.15. The van der Waals surface area contributed by atoms with E-state index in [4.69, 9.17) is 4.74 Å². The highest BCUT2D eigenvalue weighted by Gasteiger charge is 2.42. The first-order valence-corrected chi connectivity index (χ1v) is 8.29. The van der Waals surface area contributed by atoms with E-state index in [1.807, 2.05) is 43.3 Å². The van der Waals surface area contributed by atoms with Gasteiger partial charge in [-0.15, -0.1) is 0 Å². The molecule has 1 aliphatic rings. The molecule has 0 aliphatic heterocycles. The Labute approximate surface area is 142 Å². The number of amides is 2. The van der Waals surface area contributed by atoms with Gasteiger partial charge in [0, 0.05) is 12.1 Å². The Morgan fingerprint density at radius 1 is 1.29 bits per heavy atom. The van der Waals surface area contributed by atoms with Gasteiger partial charge in [0.15, 0.2) is 0 Å². The molecule has 1 saturated carbocycles. The highest BCUT2D eigenvalue weighted by Crippen LogP contribution is 2.39. The molecular formula is C19H24N2O3. The number of nitrogens with one attached hydrogen (secondary N) is 2. The van der Waals surface area contributed by atoms with Crippen molar-refractivity contribution in [2.75, 3.05) is 13.7 Å². The Bertz CT molecular complexity index is 742. The fourth-order valence-corrected chi connectivity index (χ4v) is 3.15. The summed E-state index contributed by atoms with van der Waals surface area (Å²) >= 11 is 0. The number of benzene rings is 2. The monoisotopic (exact) mass is 328 g/mol. The molecule has 0 radical (unpaired) electrons. The quantitative estimate of drug-likeness (QED) is 0.763. The number of hydrogen-bond donors (Lipinski definition) is 3. The van der Waals surface area contributed by atoms with Crippen molar-refractivity contribution in [1.82, 2.24) is 10.6 Å². The van der Waals surface area contributed by atoms with Gasteiger partial charge in [-0.05, 0) is 42.5 Å². The van der Waals surface area contributed by atoms with Crippen LogP contribution >= 0.6 is 0 Å². The second kappa shape index (κ2) is 6.69. The molecule has 1 atom stereocenters. The van der Waals surface area contributed by atoms with Gasteiger partial charge >= 0.3 is 6.03 Å². The van der Waals surface area contributed by atoms with E-state index < -0.39 is 5.54 Å². The predicted octanol–water partition coefficient (Wildman–Crippen LogP) is 2.81. The van der Waals surface area contributed by atoms with E-state index in [1.54, 1.807) is 7.11 Å². The van der Waals surface area contributed by atoms with Gasteiger partial charge in [-0.1, -0.05) is 30.3 Å². The van der Waals surface area contributed by atoms with Gasteiger partial charge < -0.3 is 20.5 Å². The van der Waals surface area contributed by atoms with Crippen molar-refractivity contribution in [1.29, 1.82) is 0 Å². The van der Waals surface area contributed by atoms with Crippen LogP contribution in [0.25, 0.3) is 10.8 Å². The molecule has 0 saturated heterocycles. The molecule has 0 aromatic heterocycles.